The van der Waals surface area contributed by atoms with Crippen molar-refractivity contribution in [3.05, 3.63) is 57.6 Å². The summed E-state index contributed by atoms with van der Waals surface area (Å²) in [4.78, 5) is 23.7. The van der Waals surface area contributed by atoms with Crippen LogP contribution in [0.25, 0.3) is 0 Å². The van der Waals surface area contributed by atoms with Gasteiger partial charge in [0.1, 0.15) is 11.5 Å². The third kappa shape index (κ3) is 6.07. The number of hydrogen-bond donors (Lipinski definition) is 0. The number of rotatable bonds is 6. The minimum atomic E-state index is -0.450. The van der Waals surface area contributed by atoms with E-state index in [2.05, 4.69) is 0 Å². The summed E-state index contributed by atoms with van der Waals surface area (Å²) in [6.07, 6.45) is 0.479. The van der Waals surface area contributed by atoms with E-state index in [1.807, 2.05) is 26.0 Å². The lowest BCUT2D eigenvalue weighted by molar-refractivity contribution is -0.136. The van der Waals surface area contributed by atoms with E-state index in [9.17, 15) is 9.59 Å². The monoisotopic (exact) mass is 380 g/mol. The molecule has 0 saturated heterocycles. The van der Waals surface area contributed by atoms with Gasteiger partial charge in [-0.3, -0.25) is 9.59 Å². The van der Waals surface area contributed by atoms with Crippen molar-refractivity contribution in [1.29, 1.82) is 0 Å². The van der Waals surface area contributed by atoms with Gasteiger partial charge in [0.2, 0.25) is 0 Å². The van der Waals surface area contributed by atoms with Gasteiger partial charge >= 0.3 is 11.9 Å². The molecule has 0 saturated carbocycles. The topological polar surface area (TPSA) is 52.6 Å². The summed E-state index contributed by atoms with van der Waals surface area (Å²) in [5.74, 6) is -0.260. The molecular weight excluding hydrogens is 363 g/mol. The third-order valence-electron chi connectivity index (χ3n) is 3.38. The molecule has 0 bridgehead atoms. The van der Waals surface area contributed by atoms with Crippen molar-refractivity contribution in [2.75, 3.05) is 0 Å². The normalized spacial score (nSPS) is 10.4. The zero-order chi connectivity index (χ0) is 18.4. The van der Waals surface area contributed by atoms with Gasteiger partial charge in [0.25, 0.3) is 0 Å². The Kier molecular flexibility index (Phi) is 6.85. The first-order chi connectivity index (χ1) is 11.8. The highest BCUT2D eigenvalue weighted by molar-refractivity contribution is 6.32. The molecule has 0 fully saturated rings. The number of halogens is 2. The van der Waals surface area contributed by atoms with Crippen LogP contribution in [0.4, 0.5) is 0 Å². The summed E-state index contributed by atoms with van der Waals surface area (Å²) in [5, 5.41) is 0.736. The van der Waals surface area contributed by atoms with Gasteiger partial charge in [-0.05, 0) is 55.7 Å². The summed E-state index contributed by atoms with van der Waals surface area (Å²) in [6.45, 7) is 3.75. The summed E-state index contributed by atoms with van der Waals surface area (Å²) in [6, 6.07) is 10.4. The molecule has 0 aliphatic rings. The first-order valence-corrected chi connectivity index (χ1v) is 8.54. The molecule has 0 aromatic heterocycles. The molecule has 0 heterocycles. The Balaban J connectivity index is 1.79. The van der Waals surface area contributed by atoms with E-state index < -0.39 is 11.9 Å². The van der Waals surface area contributed by atoms with E-state index >= 15 is 0 Å². The Morgan fingerprint density at radius 3 is 1.60 bits per heavy atom. The molecule has 0 atom stereocenters. The summed E-state index contributed by atoms with van der Waals surface area (Å²) in [5.41, 5.74) is 1.87. The maximum atomic E-state index is 11.9. The molecule has 2 rings (SSSR count). The van der Waals surface area contributed by atoms with Gasteiger partial charge in [0.05, 0.1) is 10.0 Å². The number of ether oxygens (including phenoxy) is 2. The smallest absolute Gasteiger partial charge is 0.311 e. The average Bonchev–Trinajstić information content (AvgIpc) is 2.54. The van der Waals surface area contributed by atoms with Crippen molar-refractivity contribution in [1.82, 2.24) is 0 Å². The van der Waals surface area contributed by atoms with Crippen LogP contribution in [0.5, 0.6) is 11.5 Å². The van der Waals surface area contributed by atoms with Crippen LogP contribution in [0.3, 0.4) is 0 Å². The van der Waals surface area contributed by atoms with Gasteiger partial charge in [0.15, 0.2) is 0 Å². The van der Waals surface area contributed by atoms with E-state index in [1.54, 1.807) is 24.3 Å². The van der Waals surface area contributed by atoms with Crippen LogP contribution in [0.2, 0.25) is 10.0 Å². The molecule has 0 radical (unpaired) electrons. The lowest BCUT2D eigenvalue weighted by Crippen LogP contribution is -2.12. The Hall–Kier alpha value is -2.04. The minimum Gasteiger partial charge on any atom is -0.425 e. The summed E-state index contributed by atoms with van der Waals surface area (Å²) >= 11 is 12.0. The molecule has 0 spiro atoms. The molecule has 2 aromatic rings. The Bertz CT molecular complexity index is 721. The van der Waals surface area contributed by atoms with Crippen LogP contribution in [-0.4, -0.2) is 11.9 Å². The average molecular weight is 381 g/mol. The van der Waals surface area contributed by atoms with Gasteiger partial charge in [-0.15, -0.1) is 0 Å². The maximum Gasteiger partial charge on any atom is 0.311 e. The molecule has 6 heteroatoms. The Morgan fingerprint density at radius 2 is 1.20 bits per heavy atom. The fourth-order valence-electron chi connectivity index (χ4n) is 2.10. The largest absolute Gasteiger partial charge is 0.425 e. The second-order valence-corrected chi connectivity index (χ2v) is 6.48. The predicted molar refractivity (Wildman–Crippen MR) is 97.5 cm³/mol. The highest BCUT2D eigenvalue weighted by atomic mass is 35.5. The van der Waals surface area contributed by atoms with Crippen molar-refractivity contribution < 1.29 is 19.1 Å². The van der Waals surface area contributed by atoms with Crippen LogP contribution < -0.4 is 9.47 Å². The number of esters is 2. The van der Waals surface area contributed by atoms with Gasteiger partial charge in [-0.25, -0.2) is 0 Å². The second-order valence-electron chi connectivity index (χ2n) is 5.67. The molecule has 132 valence electrons. The molecule has 0 aliphatic carbocycles. The number of carbonyl (C=O) groups excluding carboxylic acids is 2. The van der Waals surface area contributed by atoms with E-state index in [0.717, 1.165) is 11.1 Å². The fourth-order valence-corrected chi connectivity index (χ4v) is 2.41. The third-order valence-corrected chi connectivity index (χ3v) is 4.01. The van der Waals surface area contributed by atoms with E-state index in [1.165, 1.54) is 0 Å². The van der Waals surface area contributed by atoms with E-state index in [0.29, 0.717) is 28.0 Å². The summed E-state index contributed by atoms with van der Waals surface area (Å²) in [7, 11) is 0. The maximum absolute atomic E-state index is 11.9. The second kappa shape index (κ2) is 8.88. The quantitative estimate of drug-likeness (QED) is 0.504. The van der Waals surface area contributed by atoms with Crippen molar-refractivity contribution in [3.63, 3.8) is 0 Å². The van der Waals surface area contributed by atoms with Gasteiger partial charge in [-0.1, -0.05) is 35.3 Å². The molecule has 0 aliphatic heterocycles. The van der Waals surface area contributed by atoms with Crippen LogP contribution in [-0.2, 0) is 9.59 Å². The summed E-state index contributed by atoms with van der Waals surface area (Å²) < 4.78 is 10.4. The standard InChI is InChI=1S/C19H18Cl2O4/c1-12-6-8-14(20)16(10-12)24-18(22)4-3-5-19(23)25-17-11-13(2)7-9-15(17)21/h6-11H,3-5H2,1-2H3. The first-order valence-electron chi connectivity index (χ1n) is 7.79. The lowest BCUT2D eigenvalue weighted by Gasteiger charge is -2.08. The molecule has 0 unspecified atom stereocenters. The highest BCUT2D eigenvalue weighted by Gasteiger charge is 2.12. The van der Waals surface area contributed by atoms with Crippen LogP contribution in [0.1, 0.15) is 30.4 Å². The zero-order valence-electron chi connectivity index (χ0n) is 14.0. The molecule has 4 nitrogen and oxygen atoms in total. The highest BCUT2D eigenvalue weighted by Crippen LogP contribution is 2.27. The van der Waals surface area contributed by atoms with Gasteiger partial charge in [0, 0.05) is 12.8 Å². The van der Waals surface area contributed by atoms with Crippen molar-refractivity contribution in [2.45, 2.75) is 33.1 Å². The molecular formula is C19H18Cl2O4. The number of hydrogen-bond acceptors (Lipinski definition) is 4. The molecule has 0 amide bonds. The number of carbonyl (C=O) groups is 2. The van der Waals surface area contributed by atoms with Crippen molar-refractivity contribution >= 4 is 35.1 Å². The van der Waals surface area contributed by atoms with Crippen molar-refractivity contribution in [3.8, 4) is 11.5 Å². The lowest BCUT2D eigenvalue weighted by atomic mass is 10.2. The van der Waals surface area contributed by atoms with E-state index in [4.69, 9.17) is 32.7 Å². The first kappa shape index (κ1) is 19.3. The Morgan fingerprint density at radius 1 is 0.800 bits per heavy atom. The van der Waals surface area contributed by atoms with Gasteiger partial charge in [-0.2, -0.15) is 0 Å². The molecule has 2 aromatic carbocycles. The van der Waals surface area contributed by atoms with Crippen LogP contribution in [0, 0.1) is 13.8 Å². The number of benzene rings is 2. The minimum absolute atomic E-state index is 0.0842. The fraction of sp³-hybridized carbons (Fsp3) is 0.263. The van der Waals surface area contributed by atoms with Crippen molar-refractivity contribution in [2.24, 2.45) is 0 Å². The zero-order valence-corrected chi connectivity index (χ0v) is 15.5. The SMILES string of the molecule is Cc1ccc(Cl)c(OC(=O)CCCC(=O)Oc2cc(C)ccc2Cl)c1. The molecule has 0 N–H and O–H groups in total. The van der Waals surface area contributed by atoms with Crippen LogP contribution in [0.15, 0.2) is 36.4 Å². The number of aryl methyl sites for hydroxylation is 2. The van der Waals surface area contributed by atoms with Gasteiger partial charge < -0.3 is 9.47 Å². The van der Waals surface area contributed by atoms with E-state index in [-0.39, 0.29) is 12.8 Å². The Labute approximate surface area is 156 Å². The van der Waals surface area contributed by atoms with Crippen LogP contribution >= 0.6 is 23.2 Å². The molecule has 25 heavy (non-hydrogen) atoms. The predicted octanol–water partition coefficient (Wildman–Crippen LogP) is 5.29.